The van der Waals surface area contributed by atoms with E-state index in [-0.39, 0.29) is 17.5 Å². The number of fused-ring (bicyclic) bond motifs is 3. The number of rotatable bonds is 5. The lowest BCUT2D eigenvalue weighted by Gasteiger charge is -2.34. The number of hydrogen-bond donors (Lipinski definition) is 0. The van der Waals surface area contributed by atoms with Crippen LogP contribution >= 0.6 is 23.4 Å². The summed E-state index contributed by atoms with van der Waals surface area (Å²) >= 11 is 7.52. The molecular weight excluding hydrogens is 463 g/mol. The standard InChI is InChI=1S/C23H22ClFN6OS/c1-15-26-22-16-5-2-3-8-20(16)27-23(31(22)28-15)33-14-21(32)30-11-9-29(10-12-30)13-17-18(24)6-4-7-19(17)25/h2-8H,9-14H2,1H3. The van der Waals surface area contributed by atoms with Gasteiger partial charge in [-0.3, -0.25) is 9.69 Å². The Kier molecular flexibility index (Phi) is 6.18. The summed E-state index contributed by atoms with van der Waals surface area (Å²) in [5.74, 6) is 0.671. The van der Waals surface area contributed by atoms with Gasteiger partial charge in [0.05, 0.1) is 11.3 Å². The number of carbonyl (C=O) groups is 1. The van der Waals surface area contributed by atoms with Crippen LogP contribution in [0.1, 0.15) is 11.4 Å². The van der Waals surface area contributed by atoms with E-state index in [2.05, 4.69) is 15.0 Å². The maximum atomic E-state index is 14.1. The number of aryl methyl sites for hydroxylation is 1. The second-order valence-electron chi connectivity index (χ2n) is 7.95. The minimum atomic E-state index is -0.296. The molecule has 2 aromatic heterocycles. The number of halogens is 2. The number of benzene rings is 2. The van der Waals surface area contributed by atoms with Gasteiger partial charge >= 0.3 is 0 Å². The van der Waals surface area contributed by atoms with Crippen molar-refractivity contribution < 1.29 is 9.18 Å². The van der Waals surface area contributed by atoms with Gasteiger partial charge in [0.15, 0.2) is 10.8 Å². The Morgan fingerprint density at radius 2 is 1.88 bits per heavy atom. The van der Waals surface area contributed by atoms with E-state index in [1.54, 1.807) is 16.6 Å². The molecule has 0 spiro atoms. The zero-order valence-corrected chi connectivity index (χ0v) is 19.6. The minimum Gasteiger partial charge on any atom is -0.339 e. The molecule has 7 nitrogen and oxygen atoms in total. The molecule has 5 rings (SSSR count). The van der Waals surface area contributed by atoms with Crippen molar-refractivity contribution in [3.63, 3.8) is 0 Å². The van der Waals surface area contributed by atoms with Crippen LogP contribution in [-0.2, 0) is 11.3 Å². The van der Waals surface area contributed by atoms with Crippen LogP contribution in [0.25, 0.3) is 16.6 Å². The van der Waals surface area contributed by atoms with Gasteiger partial charge in [0.2, 0.25) is 5.91 Å². The van der Waals surface area contributed by atoms with Crippen molar-refractivity contribution in [2.75, 3.05) is 31.9 Å². The number of hydrogen-bond acceptors (Lipinski definition) is 6. The molecule has 4 aromatic rings. The van der Waals surface area contributed by atoms with E-state index >= 15 is 0 Å². The molecule has 10 heteroatoms. The molecule has 0 atom stereocenters. The lowest BCUT2D eigenvalue weighted by Crippen LogP contribution is -2.48. The second-order valence-corrected chi connectivity index (χ2v) is 9.30. The third kappa shape index (κ3) is 4.53. The number of amides is 1. The fourth-order valence-corrected chi connectivity index (χ4v) is 5.08. The molecule has 0 aliphatic carbocycles. The van der Waals surface area contributed by atoms with E-state index < -0.39 is 0 Å². The molecule has 3 heterocycles. The van der Waals surface area contributed by atoms with E-state index in [9.17, 15) is 9.18 Å². The zero-order chi connectivity index (χ0) is 22.9. The summed E-state index contributed by atoms with van der Waals surface area (Å²) in [5, 5.41) is 6.47. The molecule has 170 valence electrons. The van der Waals surface area contributed by atoms with Crippen molar-refractivity contribution >= 4 is 45.8 Å². The maximum absolute atomic E-state index is 14.1. The topological polar surface area (TPSA) is 66.6 Å². The van der Waals surface area contributed by atoms with E-state index in [1.165, 1.54) is 17.8 Å². The SMILES string of the molecule is Cc1nc2c3ccccc3nc(SCC(=O)N3CCN(Cc4c(F)cccc4Cl)CC3)n2n1. The maximum Gasteiger partial charge on any atom is 0.233 e. The van der Waals surface area contributed by atoms with Gasteiger partial charge in [-0.25, -0.2) is 14.4 Å². The van der Waals surface area contributed by atoms with Crippen molar-refractivity contribution in [1.29, 1.82) is 0 Å². The lowest BCUT2D eigenvalue weighted by atomic mass is 10.2. The quantitative estimate of drug-likeness (QED) is 0.317. The molecule has 0 saturated carbocycles. The van der Waals surface area contributed by atoms with Gasteiger partial charge in [-0.2, -0.15) is 4.52 Å². The van der Waals surface area contributed by atoms with E-state index in [4.69, 9.17) is 16.6 Å². The molecule has 1 amide bonds. The van der Waals surface area contributed by atoms with Gasteiger partial charge in [-0.15, -0.1) is 5.10 Å². The number of piperazine rings is 1. The predicted molar refractivity (Wildman–Crippen MR) is 127 cm³/mol. The van der Waals surface area contributed by atoms with Gasteiger partial charge in [0.1, 0.15) is 11.6 Å². The Morgan fingerprint density at radius 3 is 2.67 bits per heavy atom. The number of carbonyl (C=O) groups excluding carboxylic acids is 1. The van der Waals surface area contributed by atoms with E-state index in [0.29, 0.717) is 54.3 Å². The summed E-state index contributed by atoms with van der Waals surface area (Å²) in [5.41, 5.74) is 2.07. The molecule has 33 heavy (non-hydrogen) atoms. The van der Waals surface area contributed by atoms with E-state index in [1.807, 2.05) is 36.1 Å². The Morgan fingerprint density at radius 1 is 1.09 bits per heavy atom. The lowest BCUT2D eigenvalue weighted by molar-refractivity contribution is -0.130. The van der Waals surface area contributed by atoms with Gasteiger partial charge in [0.25, 0.3) is 0 Å². The van der Waals surface area contributed by atoms with E-state index in [0.717, 1.165) is 16.6 Å². The van der Waals surface area contributed by atoms with Crippen molar-refractivity contribution in [3.05, 3.63) is 64.7 Å². The average molecular weight is 485 g/mol. The molecule has 0 unspecified atom stereocenters. The zero-order valence-electron chi connectivity index (χ0n) is 18.0. The molecule has 1 fully saturated rings. The van der Waals surface area contributed by atoms with Crippen LogP contribution in [0.4, 0.5) is 4.39 Å². The highest BCUT2D eigenvalue weighted by Crippen LogP contribution is 2.25. The van der Waals surface area contributed by atoms with Crippen LogP contribution in [0.15, 0.2) is 47.6 Å². The highest BCUT2D eigenvalue weighted by molar-refractivity contribution is 7.99. The summed E-state index contributed by atoms with van der Waals surface area (Å²) in [6.07, 6.45) is 0. The summed E-state index contributed by atoms with van der Waals surface area (Å²) in [6.45, 7) is 4.80. The first-order chi connectivity index (χ1) is 16.0. The third-order valence-electron chi connectivity index (χ3n) is 5.75. The van der Waals surface area contributed by atoms with Gasteiger partial charge in [0, 0.05) is 48.7 Å². The minimum absolute atomic E-state index is 0.0449. The molecule has 2 aromatic carbocycles. The monoisotopic (exact) mass is 484 g/mol. The number of nitrogens with zero attached hydrogens (tertiary/aromatic N) is 6. The fourth-order valence-electron chi connectivity index (χ4n) is 4.01. The highest BCUT2D eigenvalue weighted by atomic mass is 35.5. The average Bonchev–Trinajstić information content (AvgIpc) is 3.22. The van der Waals surface area contributed by atoms with Crippen molar-refractivity contribution in [3.8, 4) is 0 Å². The molecule has 0 bridgehead atoms. The van der Waals surface area contributed by atoms with Crippen molar-refractivity contribution in [2.24, 2.45) is 0 Å². The third-order valence-corrected chi connectivity index (χ3v) is 7.02. The summed E-state index contributed by atoms with van der Waals surface area (Å²) in [7, 11) is 0. The molecule has 1 aliphatic heterocycles. The summed E-state index contributed by atoms with van der Waals surface area (Å²) in [4.78, 5) is 26.1. The van der Waals surface area contributed by atoms with Gasteiger partial charge in [-0.1, -0.05) is 41.6 Å². The van der Waals surface area contributed by atoms with Gasteiger partial charge < -0.3 is 4.90 Å². The molecule has 0 radical (unpaired) electrons. The van der Waals surface area contributed by atoms with Crippen LogP contribution in [0.2, 0.25) is 5.02 Å². The smallest absolute Gasteiger partial charge is 0.233 e. The largest absolute Gasteiger partial charge is 0.339 e. The Hall–Kier alpha value is -2.75. The first kappa shape index (κ1) is 22.1. The summed E-state index contributed by atoms with van der Waals surface area (Å²) in [6, 6.07) is 12.5. The molecule has 1 aliphatic rings. The molecule has 1 saturated heterocycles. The Bertz CT molecular complexity index is 1320. The Balaban J connectivity index is 1.23. The first-order valence-electron chi connectivity index (χ1n) is 10.7. The summed E-state index contributed by atoms with van der Waals surface area (Å²) < 4.78 is 15.8. The number of thioether (sulfide) groups is 1. The fraction of sp³-hybridized carbons (Fsp3) is 0.304. The van der Waals surface area contributed by atoms with Crippen LogP contribution in [0.5, 0.6) is 0 Å². The van der Waals surface area contributed by atoms with Crippen LogP contribution in [0, 0.1) is 12.7 Å². The Labute approximate surface area is 199 Å². The van der Waals surface area contributed by atoms with Gasteiger partial charge in [-0.05, 0) is 31.2 Å². The predicted octanol–water partition coefficient (Wildman–Crippen LogP) is 3.81. The number of aromatic nitrogens is 4. The van der Waals surface area contributed by atoms with Crippen LogP contribution in [0.3, 0.4) is 0 Å². The van der Waals surface area contributed by atoms with Crippen LogP contribution in [-0.4, -0.2) is 67.2 Å². The van der Waals surface area contributed by atoms with Crippen molar-refractivity contribution in [2.45, 2.75) is 18.6 Å². The number of para-hydroxylation sites is 1. The second kappa shape index (κ2) is 9.24. The molecular formula is C23H22ClFN6OS. The highest BCUT2D eigenvalue weighted by Gasteiger charge is 2.23. The molecule has 0 N–H and O–H groups in total. The normalized spacial score (nSPS) is 14.9. The first-order valence-corrected chi connectivity index (χ1v) is 12.0. The van der Waals surface area contributed by atoms with Crippen LogP contribution < -0.4 is 0 Å². The van der Waals surface area contributed by atoms with Crippen molar-refractivity contribution in [1.82, 2.24) is 29.4 Å².